The Morgan fingerprint density at radius 2 is 1.85 bits per heavy atom. The summed E-state index contributed by atoms with van der Waals surface area (Å²) in [6, 6.07) is 9.22. The summed E-state index contributed by atoms with van der Waals surface area (Å²) in [6.07, 6.45) is 4.53. The van der Waals surface area contributed by atoms with Crippen molar-refractivity contribution in [2.45, 2.75) is 37.5 Å². The molecule has 15 heteroatoms. The van der Waals surface area contributed by atoms with Crippen molar-refractivity contribution in [3.63, 3.8) is 0 Å². The Kier molecular flexibility index (Phi) is 7.53. The molecule has 0 bridgehead atoms. The Morgan fingerprint density at radius 3 is 2.46 bits per heavy atom. The molecule has 1 aliphatic rings. The summed E-state index contributed by atoms with van der Waals surface area (Å²) in [4.78, 5) is 21.2. The van der Waals surface area contributed by atoms with Crippen molar-refractivity contribution >= 4 is 33.3 Å². The van der Waals surface area contributed by atoms with Gasteiger partial charge < -0.3 is 15.8 Å². The molecule has 2 heterocycles. The molecule has 41 heavy (non-hydrogen) atoms. The number of carbonyl (C=O) groups is 1. The first-order valence-corrected chi connectivity index (χ1v) is 13.9. The summed E-state index contributed by atoms with van der Waals surface area (Å²) in [5, 5.41) is 9.81. The number of rotatable bonds is 11. The van der Waals surface area contributed by atoms with E-state index in [1.54, 1.807) is 13.1 Å². The number of hydrogen-bond acceptors (Lipinski definition) is 8. The van der Waals surface area contributed by atoms with Gasteiger partial charge in [0.25, 0.3) is 15.9 Å². The standard InChI is InChI=1S/C26H24F3N7O4S/c1-13(14-4-7-17(27)8-5-14)40-20-10-16(6-9-18(20)36-41(38,39)26(28)29)23-22(24(30)37)25(35-34-23)33-21-12-31-19(11-32-21)15-2-3-15/h4-13,15,26,36H,2-3H2,1H3,(H2,30,37)(H2,32,33,34,35). The van der Waals surface area contributed by atoms with Crippen molar-refractivity contribution in [3.05, 3.63) is 77.5 Å². The topological polar surface area (TPSA) is 165 Å². The maximum Gasteiger partial charge on any atom is 0.355 e. The van der Waals surface area contributed by atoms with Gasteiger partial charge >= 0.3 is 5.76 Å². The minimum absolute atomic E-state index is 0.0449. The van der Waals surface area contributed by atoms with Crippen molar-refractivity contribution in [3.8, 4) is 17.0 Å². The Balaban J connectivity index is 1.49. The van der Waals surface area contributed by atoms with Gasteiger partial charge in [0, 0.05) is 11.5 Å². The first-order valence-electron chi connectivity index (χ1n) is 12.3. The highest BCUT2D eigenvalue weighted by molar-refractivity contribution is 7.93. The fraction of sp³-hybridized carbons (Fsp3) is 0.231. The van der Waals surface area contributed by atoms with Gasteiger partial charge in [-0.25, -0.2) is 17.8 Å². The van der Waals surface area contributed by atoms with E-state index in [-0.39, 0.29) is 34.1 Å². The number of alkyl halides is 2. The Bertz CT molecular complexity index is 1680. The molecule has 11 nitrogen and oxygen atoms in total. The molecule has 1 unspecified atom stereocenters. The number of aromatic amines is 1. The molecule has 214 valence electrons. The third-order valence-electron chi connectivity index (χ3n) is 6.32. The summed E-state index contributed by atoms with van der Waals surface area (Å²) in [6.45, 7) is 1.60. The maximum atomic E-state index is 13.4. The predicted molar refractivity (Wildman–Crippen MR) is 144 cm³/mol. The number of anilines is 3. The van der Waals surface area contributed by atoms with Crippen LogP contribution in [-0.2, 0) is 10.0 Å². The van der Waals surface area contributed by atoms with Crippen LogP contribution >= 0.6 is 0 Å². The van der Waals surface area contributed by atoms with Crippen molar-refractivity contribution in [2.75, 3.05) is 10.0 Å². The summed E-state index contributed by atoms with van der Waals surface area (Å²) >= 11 is 0. The molecule has 0 spiro atoms. The van der Waals surface area contributed by atoms with Crippen LogP contribution in [0.2, 0.25) is 0 Å². The lowest BCUT2D eigenvalue weighted by Gasteiger charge is -2.19. The molecule has 0 aliphatic heterocycles. The number of H-pyrrole nitrogens is 1. The molecule has 1 amide bonds. The van der Waals surface area contributed by atoms with Gasteiger partial charge in [0.2, 0.25) is 0 Å². The van der Waals surface area contributed by atoms with Crippen LogP contribution in [0, 0.1) is 5.82 Å². The van der Waals surface area contributed by atoms with E-state index >= 15 is 0 Å². The van der Waals surface area contributed by atoms with E-state index in [2.05, 4.69) is 25.5 Å². The lowest BCUT2D eigenvalue weighted by Crippen LogP contribution is -2.21. The zero-order valence-electron chi connectivity index (χ0n) is 21.4. The van der Waals surface area contributed by atoms with Crippen molar-refractivity contribution < 1.29 is 31.1 Å². The molecule has 4 aromatic rings. The molecule has 5 rings (SSSR count). The second-order valence-electron chi connectivity index (χ2n) is 9.34. The molecule has 0 saturated heterocycles. The SMILES string of the molecule is CC(Oc1cc(-c2n[nH]c(Nc3cnc(C4CC4)cn3)c2C(N)=O)ccc1NS(=O)(=O)C(F)F)c1ccc(F)cc1. The minimum atomic E-state index is -5.05. The van der Waals surface area contributed by atoms with E-state index in [0.29, 0.717) is 17.3 Å². The average molecular weight is 588 g/mol. The van der Waals surface area contributed by atoms with Gasteiger partial charge in [0.05, 0.1) is 23.8 Å². The predicted octanol–water partition coefficient (Wildman–Crippen LogP) is 4.83. The average Bonchev–Trinajstić information content (AvgIpc) is 3.70. The van der Waals surface area contributed by atoms with E-state index in [9.17, 15) is 26.4 Å². The summed E-state index contributed by atoms with van der Waals surface area (Å²) < 4.78 is 71.2. The number of carbonyl (C=O) groups excluding carboxylic acids is 1. The molecule has 1 aliphatic carbocycles. The molecule has 1 fully saturated rings. The fourth-order valence-electron chi connectivity index (χ4n) is 4.04. The van der Waals surface area contributed by atoms with Gasteiger partial charge in [0.1, 0.15) is 40.6 Å². The largest absolute Gasteiger partial charge is 0.484 e. The zero-order chi connectivity index (χ0) is 29.3. The third-order valence-corrected chi connectivity index (χ3v) is 7.29. The van der Waals surface area contributed by atoms with E-state index in [4.69, 9.17) is 10.5 Å². The molecular weight excluding hydrogens is 563 g/mol. The Morgan fingerprint density at radius 1 is 1.12 bits per heavy atom. The lowest BCUT2D eigenvalue weighted by atomic mass is 10.1. The highest BCUT2D eigenvalue weighted by atomic mass is 32.2. The number of sulfonamides is 1. The van der Waals surface area contributed by atoms with Gasteiger partial charge in [-0.05, 0) is 49.6 Å². The van der Waals surface area contributed by atoms with E-state index in [1.165, 1.54) is 48.7 Å². The van der Waals surface area contributed by atoms with Crippen LogP contribution in [0.5, 0.6) is 5.75 Å². The number of nitrogens with two attached hydrogens (primary N) is 1. The van der Waals surface area contributed by atoms with Crippen LogP contribution in [0.15, 0.2) is 54.9 Å². The molecule has 5 N–H and O–H groups in total. The van der Waals surface area contributed by atoms with E-state index in [0.717, 1.165) is 18.5 Å². The first kappa shape index (κ1) is 27.9. The second-order valence-corrected chi connectivity index (χ2v) is 11.0. The monoisotopic (exact) mass is 587 g/mol. The maximum absolute atomic E-state index is 13.4. The fourth-order valence-corrected chi connectivity index (χ4v) is 4.61. The highest BCUT2D eigenvalue weighted by Crippen LogP contribution is 2.39. The first-order chi connectivity index (χ1) is 19.5. The second kappa shape index (κ2) is 11.1. The molecule has 0 radical (unpaired) electrons. The number of benzene rings is 2. The van der Waals surface area contributed by atoms with Crippen LogP contribution in [0.25, 0.3) is 11.3 Å². The van der Waals surface area contributed by atoms with Gasteiger partial charge in [-0.1, -0.05) is 18.2 Å². The third kappa shape index (κ3) is 6.24. The van der Waals surface area contributed by atoms with Gasteiger partial charge in [-0.3, -0.25) is 19.6 Å². The number of nitrogens with zero attached hydrogens (tertiary/aromatic N) is 3. The number of primary amides is 1. The summed E-state index contributed by atoms with van der Waals surface area (Å²) in [5.41, 5.74) is 7.06. The van der Waals surface area contributed by atoms with Crippen molar-refractivity contribution in [1.29, 1.82) is 0 Å². The molecule has 2 aromatic carbocycles. The lowest BCUT2D eigenvalue weighted by molar-refractivity contribution is 0.100. The van der Waals surface area contributed by atoms with Crippen LogP contribution in [-0.4, -0.2) is 40.2 Å². The number of halogens is 3. The van der Waals surface area contributed by atoms with E-state index in [1.807, 2.05) is 4.72 Å². The number of ether oxygens (including phenoxy) is 1. The number of hydrogen-bond donors (Lipinski definition) is 4. The normalized spacial score (nSPS) is 14.1. The highest BCUT2D eigenvalue weighted by Gasteiger charge is 2.28. The Hall–Kier alpha value is -4.66. The van der Waals surface area contributed by atoms with Gasteiger partial charge in [-0.15, -0.1) is 0 Å². The molecule has 2 aromatic heterocycles. The zero-order valence-corrected chi connectivity index (χ0v) is 22.3. The van der Waals surface area contributed by atoms with Gasteiger partial charge in [-0.2, -0.15) is 13.9 Å². The van der Waals surface area contributed by atoms with Crippen molar-refractivity contribution in [1.82, 2.24) is 20.2 Å². The summed E-state index contributed by atoms with van der Waals surface area (Å²) in [5.74, 6) is -4.30. The van der Waals surface area contributed by atoms with Crippen LogP contribution in [0.3, 0.4) is 0 Å². The van der Waals surface area contributed by atoms with Crippen LogP contribution in [0.4, 0.5) is 30.5 Å². The van der Waals surface area contributed by atoms with Crippen molar-refractivity contribution in [2.24, 2.45) is 5.73 Å². The number of aromatic nitrogens is 4. The Labute approximate surface area is 232 Å². The summed E-state index contributed by atoms with van der Waals surface area (Å²) in [7, 11) is -5.05. The minimum Gasteiger partial charge on any atom is -0.484 e. The van der Waals surface area contributed by atoms with Crippen LogP contribution in [0.1, 0.15) is 53.4 Å². The molecule has 1 atom stereocenters. The molecular formula is C26H24F3N7O4S. The number of nitrogens with one attached hydrogen (secondary N) is 3. The smallest absolute Gasteiger partial charge is 0.355 e. The quantitative estimate of drug-likeness (QED) is 0.194. The van der Waals surface area contributed by atoms with E-state index < -0.39 is 33.6 Å². The van der Waals surface area contributed by atoms with Gasteiger partial charge in [0.15, 0.2) is 0 Å². The van der Waals surface area contributed by atoms with Crippen LogP contribution < -0.4 is 20.5 Å². The molecule has 1 saturated carbocycles. The number of amides is 1.